The van der Waals surface area contributed by atoms with Crippen molar-refractivity contribution in [3.05, 3.63) is 35.9 Å². The first-order valence-electron chi connectivity index (χ1n) is 6.36. The van der Waals surface area contributed by atoms with Crippen LogP contribution >= 0.6 is 0 Å². The topological polar surface area (TPSA) is 101 Å². The Morgan fingerprint density at radius 1 is 1.19 bits per heavy atom. The summed E-state index contributed by atoms with van der Waals surface area (Å²) in [6.45, 7) is 0.887. The molecule has 0 amide bonds. The van der Waals surface area contributed by atoms with Crippen molar-refractivity contribution in [3.8, 4) is 0 Å². The summed E-state index contributed by atoms with van der Waals surface area (Å²) in [5.41, 5.74) is 0.594. The summed E-state index contributed by atoms with van der Waals surface area (Å²) < 4.78 is 9.88. The minimum atomic E-state index is -0.865. The van der Waals surface area contributed by atoms with E-state index < -0.39 is 11.7 Å². The SMILES string of the molecule is COC(=O)C(=N\O)/C(CCCOCc1ccccc1)=N/O. The Labute approximate surface area is 122 Å². The number of benzene rings is 1. The van der Waals surface area contributed by atoms with Crippen LogP contribution in [0.25, 0.3) is 0 Å². The molecule has 0 saturated heterocycles. The van der Waals surface area contributed by atoms with Gasteiger partial charge in [-0.3, -0.25) is 0 Å². The molecule has 0 aromatic heterocycles. The Morgan fingerprint density at radius 3 is 2.48 bits per heavy atom. The second-order valence-corrected chi connectivity index (χ2v) is 4.13. The minimum Gasteiger partial charge on any atom is -0.464 e. The summed E-state index contributed by atoms with van der Waals surface area (Å²) in [6.07, 6.45) is 0.724. The predicted molar refractivity (Wildman–Crippen MR) is 75.8 cm³/mol. The lowest BCUT2D eigenvalue weighted by molar-refractivity contribution is -0.132. The number of nitrogens with zero attached hydrogens (tertiary/aromatic N) is 2. The number of esters is 1. The number of hydrogen-bond donors (Lipinski definition) is 2. The molecule has 0 bridgehead atoms. The third kappa shape index (κ3) is 5.62. The molecule has 1 aromatic carbocycles. The summed E-state index contributed by atoms with van der Waals surface area (Å²) in [5, 5.41) is 23.3. The number of ether oxygens (including phenoxy) is 2. The van der Waals surface area contributed by atoms with E-state index in [9.17, 15) is 4.79 Å². The molecule has 0 aliphatic carbocycles. The molecule has 2 N–H and O–H groups in total. The lowest BCUT2D eigenvalue weighted by atomic mass is 10.1. The molecule has 0 aliphatic heterocycles. The van der Waals surface area contributed by atoms with E-state index in [1.807, 2.05) is 30.3 Å². The normalized spacial score (nSPS) is 12.2. The average molecular weight is 294 g/mol. The molecule has 7 heteroatoms. The highest BCUT2D eigenvalue weighted by Gasteiger charge is 2.20. The molecular weight excluding hydrogens is 276 g/mol. The largest absolute Gasteiger partial charge is 0.464 e. The highest BCUT2D eigenvalue weighted by molar-refractivity contribution is 6.65. The number of methoxy groups -OCH3 is 1. The zero-order valence-electron chi connectivity index (χ0n) is 11.7. The van der Waals surface area contributed by atoms with E-state index >= 15 is 0 Å². The maximum atomic E-state index is 11.3. The molecule has 21 heavy (non-hydrogen) atoms. The van der Waals surface area contributed by atoms with Crippen molar-refractivity contribution in [3.63, 3.8) is 0 Å². The van der Waals surface area contributed by atoms with Gasteiger partial charge in [0, 0.05) is 6.61 Å². The number of carbonyl (C=O) groups excluding carboxylic acids is 1. The molecule has 0 atom stereocenters. The summed E-state index contributed by atoms with van der Waals surface area (Å²) in [5.74, 6) is -0.865. The fourth-order valence-corrected chi connectivity index (χ4v) is 1.63. The van der Waals surface area contributed by atoms with Gasteiger partial charge < -0.3 is 19.9 Å². The number of oxime groups is 2. The van der Waals surface area contributed by atoms with Crippen LogP contribution in [-0.2, 0) is 20.9 Å². The van der Waals surface area contributed by atoms with Crippen molar-refractivity contribution in [1.29, 1.82) is 0 Å². The van der Waals surface area contributed by atoms with Crippen LogP contribution in [0.5, 0.6) is 0 Å². The standard InChI is InChI=1S/C14H18N2O5/c1-20-14(17)13(16-19)12(15-18)8-5-9-21-10-11-6-3-2-4-7-11/h2-4,6-7,18-19H,5,8-10H2,1H3/b15-12+,16-13-. The molecule has 1 rings (SSSR count). The Kier molecular flexibility index (Phi) is 7.52. The lowest BCUT2D eigenvalue weighted by Crippen LogP contribution is -2.26. The molecule has 114 valence electrons. The van der Waals surface area contributed by atoms with E-state index in [2.05, 4.69) is 15.0 Å². The Morgan fingerprint density at radius 2 is 1.90 bits per heavy atom. The van der Waals surface area contributed by atoms with Gasteiger partial charge in [0.25, 0.3) is 0 Å². The van der Waals surface area contributed by atoms with E-state index in [0.717, 1.165) is 12.7 Å². The van der Waals surface area contributed by atoms with Gasteiger partial charge in [-0.2, -0.15) is 0 Å². The van der Waals surface area contributed by atoms with Crippen LogP contribution in [-0.4, -0.2) is 41.5 Å². The van der Waals surface area contributed by atoms with E-state index in [1.165, 1.54) is 0 Å². The third-order valence-corrected chi connectivity index (χ3v) is 2.69. The van der Waals surface area contributed by atoms with Gasteiger partial charge in [0.2, 0.25) is 5.71 Å². The smallest absolute Gasteiger partial charge is 0.362 e. The zero-order chi connectivity index (χ0) is 15.5. The highest BCUT2D eigenvalue weighted by atomic mass is 16.5. The summed E-state index contributed by atoms with van der Waals surface area (Å²) >= 11 is 0. The number of carbonyl (C=O) groups is 1. The van der Waals surface area contributed by atoms with Crippen molar-refractivity contribution in [2.24, 2.45) is 10.3 Å². The molecule has 0 spiro atoms. The van der Waals surface area contributed by atoms with E-state index in [1.54, 1.807) is 0 Å². The van der Waals surface area contributed by atoms with Gasteiger partial charge in [-0.15, -0.1) is 0 Å². The van der Waals surface area contributed by atoms with Gasteiger partial charge in [-0.1, -0.05) is 40.6 Å². The Balaban J connectivity index is 2.35. The monoisotopic (exact) mass is 294 g/mol. The van der Waals surface area contributed by atoms with E-state index in [4.69, 9.17) is 15.2 Å². The third-order valence-electron chi connectivity index (χ3n) is 2.69. The first kappa shape index (κ1) is 16.6. The van der Waals surface area contributed by atoms with Gasteiger partial charge in [0.1, 0.15) is 5.71 Å². The summed E-state index contributed by atoms with van der Waals surface area (Å²) in [7, 11) is 1.14. The molecule has 0 fully saturated rings. The number of rotatable bonds is 8. The molecule has 0 saturated carbocycles. The highest BCUT2D eigenvalue weighted by Crippen LogP contribution is 2.03. The first-order chi connectivity index (χ1) is 10.2. The van der Waals surface area contributed by atoms with Crippen molar-refractivity contribution >= 4 is 17.4 Å². The van der Waals surface area contributed by atoms with Gasteiger partial charge in [-0.25, -0.2) is 4.79 Å². The Hall–Kier alpha value is -2.41. The van der Waals surface area contributed by atoms with Gasteiger partial charge in [-0.05, 0) is 18.4 Å². The fraction of sp³-hybridized carbons (Fsp3) is 0.357. The number of hydrogen-bond acceptors (Lipinski definition) is 7. The van der Waals surface area contributed by atoms with Gasteiger partial charge in [0.15, 0.2) is 0 Å². The maximum Gasteiger partial charge on any atom is 0.362 e. The van der Waals surface area contributed by atoms with Crippen LogP contribution in [0.2, 0.25) is 0 Å². The second-order valence-electron chi connectivity index (χ2n) is 4.13. The van der Waals surface area contributed by atoms with Gasteiger partial charge in [0.05, 0.1) is 13.7 Å². The molecule has 1 aromatic rings. The lowest BCUT2D eigenvalue weighted by Gasteiger charge is -2.06. The molecule has 7 nitrogen and oxygen atoms in total. The van der Waals surface area contributed by atoms with Crippen LogP contribution in [0, 0.1) is 0 Å². The van der Waals surface area contributed by atoms with Crippen molar-refractivity contribution in [2.45, 2.75) is 19.4 Å². The van der Waals surface area contributed by atoms with Crippen LogP contribution in [0.3, 0.4) is 0 Å². The quantitative estimate of drug-likeness (QED) is 0.250. The van der Waals surface area contributed by atoms with Crippen LogP contribution in [0.15, 0.2) is 40.6 Å². The predicted octanol–water partition coefficient (Wildman–Crippen LogP) is 1.82. The van der Waals surface area contributed by atoms with E-state index in [-0.39, 0.29) is 12.1 Å². The molecule has 0 radical (unpaired) electrons. The van der Waals surface area contributed by atoms with Crippen molar-refractivity contribution < 1.29 is 24.7 Å². The first-order valence-corrected chi connectivity index (χ1v) is 6.36. The van der Waals surface area contributed by atoms with Crippen LogP contribution in [0.1, 0.15) is 18.4 Å². The molecule has 0 aliphatic rings. The second kappa shape index (κ2) is 9.49. The molecule has 0 unspecified atom stereocenters. The van der Waals surface area contributed by atoms with Gasteiger partial charge >= 0.3 is 5.97 Å². The van der Waals surface area contributed by atoms with Crippen LogP contribution in [0.4, 0.5) is 0 Å². The molecular formula is C14H18N2O5. The van der Waals surface area contributed by atoms with E-state index in [0.29, 0.717) is 19.6 Å². The maximum absolute atomic E-state index is 11.3. The summed E-state index contributed by atoms with van der Waals surface area (Å²) in [4.78, 5) is 11.3. The molecule has 0 heterocycles. The minimum absolute atomic E-state index is 0.0485. The Bertz CT molecular complexity index is 499. The average Bonchev–Trinajstić information content (AvgIpc) is 2.54. The fourth-order valence-electron chi connectivity index (χ4n) is 1.63. The zero-order valence-corrected chi connectivity index (χ0v) is 11.7. The van der Waals surface area contributed by atoms with Crippen molar-refractivity contribution in [2.75, 3.05) is 13.7 Å². The van der Waals surface area contributed by atoms with Crippen molar-refractivity contribution in [1.82, 2.24) is 0 Å². The van der Waals surface area contributed by atoms with Crippen LogP contribution < -0.4 is 0 Å². The summed E-state index contributed by atoms with van der Waals surface area (Å²) in [6, 6.07) is 9.68.